The smallest absolute Gasteiger partial charge is 0.154 e. The number of rotatable bonds is 9. The number of aliphatic imine (C=N–C) groups is 2. The van der Waals surface area contributed by atoms with Crippen molar-refractivity contribution in [2.45, 2.75) is 46.1 Å². The molecule has 0 spiro atoms. The SMILES string of the molecule is CCCCOc1ccc(OCC)cc1NCC1=C(C)C2C(N)=NC(N)NC2N=C1. The van der Waals surface area contributed by atoms with Crippen molar-refractivity contribution in [2.75, 3.05) is 25.1 Å². The Morgan fingerprint density at radius 3 is 2.83 bits per heavy atom. The molecule has 29 heavy (non-hydrogen) atoms. The number of fused-ring (bicyclic) bond motifs is 1. The van der Waals surface area contributed by atoms with Crippen molar-refractivity contribution >= 4 is 17.7 Å². The zero-order valence-corrected chi connectivity index (χ0v) is 17.4. The Labute approximate surface area is 172 Å². The van der Waals surface area contributed by atoms with Crippen LogP contribution >= 0.6 is 0 Å². The molecule has 0 bridgehead atoms. The number of dihydropyridines is 1. The number of nitrogens with one attached hydrogen (secondary N) is 2. The Hall–Kier alpha value is -2.58. The average molecular weight is 401 g/mol. The second-order valence-electron chi connectivity index (χ2n) is 7.22. The molecule has 3 atom stereocenters. The number of benzene rings is 1. The van der Waals surface area contributed by atoms with Crippen LogP contribution in [0.15, 0.2) is 39.3 Å². The summed E-state index contributed by atoms with van der Waals surface area (Å²) < 4.78 is 11.6. The molecule has 0 aliphatic carbocycles. The van der Waals surface area contributed by atoms with Crippen LogP contribution in [0.25, 0.3) is 0 Å². The number of amidine groups is 1. The maximum Gasteiger partial charge on any atom is 0.154 e. The van der Waals surface area contributed by atoms with Gasteiger partial charge in [-0.15, -0.1) is 0 Å². The first-order valence-electron chi connectivity index (χ1n) is 10.2. The van der Waals surface area contributed by atoms with Gasteiger partial charge in [0.15, 0.2) is 6.29 Å². The normalized spacial score (nSPS) is 23.4. The third kappa shape index (κ3) is 5.07. The van der Waals surface area contributed by atoms with Crippen LogP contribution in [-0.4, -0.2) is 44.3 Å². The number of nitrogens with zero attached hydrogens (tertiary/aromatic N) is 2. The summed E-state index contributed by atoms with van der Waals surface area (Å²) in [6.07, 6.45) is 3.31. The van der Waals surface area contributed by atoms with E-state index in [1.807, 2.05) is 31.3 Å². The summed E-state index contributed by atoms with van der Waals surface area (Å²) in [5.41, 5.74) is 15.1. The van der Waals surface area contributed by atoms with Crippen molar-refractivity contribution in [3.63, 3.8) is 0 Å². The van der Waals surface area contributed by atoms with Gasteiger partial charge >= 0.3 is 0 Å². The summed E-state index contributed by atoms with van der Waals surface area (Å²) in [6.45, 7) is 8.08. The van der Waals surface area contributed by atoms with Crippen molar-refractivity contribution in [1.82, 2.24) is 5.32 Å². The highest BCUT2D eigenvalue weighted by Crippen LogP contribution is 2.31. The van der Waals surface area contributed by atoms with E-state index in [2.05, 4.69) is 34.5 Å². The van der Waals surface area contributed by atoms with E-state index in [0.717, 1.165) is 41.2 Å². The van der Waals surface area contributed by atoms with Gasteiger partial charge in [0.2, 0.25) is 0 Å². The molecule has 158 valence electrons. The lowest BCUT2D eigenvalue weighted by atomic mass is 9.88. The Morgan fingerprint density at radius 1 is 1.24 bits per heavy atom. The Morgan fingerprint density at radius 2 is 2.07 bits per heavy atom. The zero-order chi connectivity index (χ0) is 20.8. The summed E-state index contributed by atoms with van der Waals surface area (Å²) in [5, 5.41) is 6.63. The molecule has 0 aromatic heterocycles. The fourth-order valence-corrected chi connectivity index (χ4v) is 3.50. The molecule has 1 aromatic rings. The van der Waals surface area contributed by atoms with Crippen molar-refractivity contribution in [1.29, 1.82) is 0 Å². The van der Waals surface area contributed by atoms with Gasteiger partial charge < -0.3 is 20.5 Å². The van der Waals surface area contributed by atoms with E-state index in [4.69, 9.17) is 20.9 Å². The van der Waals surface area contributed by atoms with Gasteiger partial charge in [0.25, 0.3) is 0 Å². The van der Waals surface area contributed by atoms with Crippen LogP contribution in [0.3, 0.4) is 0 Å². The van der Waals surface area contributed by atoms with E-state index in [9.17, 15) is 0 Å². The van der Waals surface area contributed by atoms with Crippen LogP contribution in [0, 0.1) is 5.92 Å². The largest absolute Gasteiger partial charge is 0.494 e. The molecule has 0 saturated carbocycles. The van der Waals surface area contributed by atoms with Crippen LogP contribution in [0.4, 0.5) is 5.69 Å². The number of hydrogen-bond donors (Lipinski definition) is 4. The highest BCUT2D eigenvalue weighted by Gasteiger charge is 2.34. The van der Waals surface area contributed by atoms with E-state index in [1.165, 1.54) is 0 Å². The zero-order valence-electron chi connectivity index (χ0n) is 17.4. The molecule has 0 radical (unpaired) electrons. The highest BCUT2D eigenvalue weighted by molar-refractivity contribution is 5.92. The second-order valence-corrected chi connectivity index (χ2v) is 7.22. The fourth-order valence-electron chi connectivity index (χ4n) is 3.50. The van der Waals surface area contributed by atoms with Crippen LogP contribution in [0.2, 0.25) is 0 Å². The predicted octanol–water partition coefficient (Wildman–Crippen LogP) is 2.22. The third-order valence-corrected chi connectivity index (χ3v) is 5.11. The number of unbranched alkanes of at least 4 members (excludes halogenated alkanes) is 1. The summed E-state index contributed by atoms with van der Waals surface area (Å²) in [5.74, 6) is 2.07. The summed E-state index contributed by atoms with van der Waals surface area (Å²) >= 11 is 0. The number of hydrogen-bond acceptors (Lipinski definition) is 8. The molecule has 0 saturated heterocycles. The van der Waals surface area contributed by atoms with E-state index >= 15 is 0 Å². The summed E-state index contributed by atoms with van der Waals surface area (Å²) in [4.78, 5) is 8.85. The molecular weight excluding hydrogens is 368 g/mol. The fraction of sp³-hybridized carbons (Fsp3) is 0.524. The number of anilines is 1. The quantitative estimate of drug-likeness (QED) is 0.472. The highest BCUT2D eigenvalue weighted by atomic mass is 16.5. The van der Waals surface area contributed by atoms with Gasteiger partial charge in [0, 0.05) is 18.8 Å². The minimum atomic E-state index is -0.509. The van der Waals surface area contributed by atoms with Crippen molar-refractivity contribution in [2.24, 2.45) is 27.4 Å². The molecule has 2 aliphatic rings. The Balaban J connectivity index is 1.76. The number of nitrogens with two attached hydrogens (primary N) is 2. The van der Waals surface area contributed by atoms with Gasteiger partial charge in [-0.3, -0.25) is 16.0 Å². The van der Waals surface area contributed by atoms with Gasteiger partial charge in [-0.1, -0.05) is 18.9 Å². The predicted molar refractivity (Wildman–Crippen MR) is 118 cm³/mol. The first kappa shape index (κ1) is 21.1. The van der Waals surface area contributed by atoms with Crippen LogP contribution in [-0.2, 0) is 0 Å². The molecule has 2 aliphatic heterocycles. The van der Waals surface area contributed by atoms with Crippen molar-refractivity contribution in [3.8, 4) is 11.5 Å². The van der Waals surface area contributed by atoms with Crippen LogP contribution < -0.4 is 31.6 Å². The molecule has 1 aromatic carbocycles. The van der Waals surface area contributed by atoms with E-state index in [1.54, 1.807) is 0 Å². The van der Waals surface area contributed by atoms with Crippen molar-refractivity contribution < 1.29 is 9.47 Å². The molecule has 6 N–H and O–H groups in total. The van der Waals surface area contributed by atoms with Crippen LogP contribution in [0.1, 0.15) is 33.6 Å². The molecule has 3 unspecified atom stereocenters. The molecular formula is C21H32N6O2. The van der Waals surface area contributed by atoms with Crippen molar-refractivity contribution in [3.05, 3.63) is 29.3 Å². The van der Waals surface area contributed by atoms with Gasteiger partial charge in [0.05, 0.1) is 24.8 Å². The van der Waals surface area contributed by atoms with E-state index in [-0.39, 0.29) is 12.1 Å². The minimum Gasteiger partial charge on any atom is -0.494 e. The lowest BCUT2D eigenvalue weighted by Crippen LogP contribution is -2.55. The lowest BCUT2D eigenvalue weighted by molar-refractivity contribution is 0.308. The molecule has 0 fully saturated rings. The van der Waals surface area contributed by atoms with Crippen LogP contribution in [0.5, 0.6) is 11.5 Å². The maximum atomic E-state index is 6.15. The first-order chi connectivity index (χ1) is 14.0. The molecule has 0 amide bonds. The minimum absolute atomic E-state index is 0.0772. The van der Waals surface area contributed by atoms with E-state index in [0.29, 0.717) is 25.6 Å². The summed E-state index contributed by atoms with van der Waals surface area (Å²) in [6, 6.07) is 5.86. The Kier molecular flexibility index (Phi) is 7.11. The summed E-state index contributed by atoms with van der Waals surface area (Å²) in [7, 11) is 0. The average Bonchev–Trinajstić information content (AvgIpc) is 2.68. The molecule has 3 rings (SSSR count). The molecule has 8 heteroatoms. The molecule has 2 heterocycles. The van der Waals surface area contributed by atoms with Gasteiger partial charge in [0.1, 0.15) is 23.5 Å². The monoisotopic (exact) mass is 400 g/mol. The van der Waals surface area contributed by atoms with Gasteiger partial charge in [-0.05, 0) is 38.0 Å². The molecule has 8 nitrogen and oxygen atoms in total. The first-order valence-corrected chi connectivity index (χ1v) is 10.2. The van der Waals surface area contributed by atoms with E-state index < -0.39 is 6.29 Å². The topological polar surface area (TPSA) is 119 Å². The van der Waals surface area contributed by atoms with Gasteiger partial charge in [-0.2, -0.15) is 0 Å². The Bertz CT molecular complexity index is 804. The standard InChI is InChI=1S/C21H32N6O2/c1-4-6-9-29-17-8-7-15(28-5-2)10-16(17)24-11-14-12-25-20-18(13(14)3)19(22)26-21(23)27-20/h7-8,10,12,18,20-21,24,27H,4-6,9,11,23H2,1-3H3,(H2,22,26). The van der Waals surface area contributed by atoms with Gasteiger partial charge in [-0.25, -0.2) is 4.99 Å². The maximum absolute atomic E-state index is 6.15. The number of ether oxygens (including phenoxy) is 2. The second kappa shape index (κ2) is 9.76. The lowest BCUT2D eigenvalue weighted by Gasteiger charge is -2.35. The third-order valence-electron chi connectivity index (χ3n) is 5.11.